The predicted octanol–water partition coefficient (Wildman–Crippen LogP) is 5.18. The van der Waals surface area contributed by atoms with Gasteiger partial charge in [0.15, 0.2) is 4.80 Å². The summed E-state index contributed by atoms with van der Waals surface area (Å²) in [6.07, 6.45) is 1.50. The van der Waals surface area contributed by atoms with E-state index in [1.165, 1.54) is 41.0 Å². The molecule has 5 rings (SSSR count). The number of benzene rings is 3. The Kier molecular flexibility index (Phi) is 8.43. The monoisotopic (exact) mass is 642 g/mol. The van der Waals surface area contributed by atoms with Crippen LogP contribution in [0, 0.1) is 6.92 Å². The lowest BCUT2D eigenvalue weighted by Gasteiger charge is -2.24. The van der Waals surface area contributed by atoms with E-state index in [2.05, 4.69) is 4.99 Å². The maximum Gasteiger partial charge on any atom is 0.339 e. The Hall–Kier alpha value is -3.70. The molecule has 42 heavy (non-hydrogen) atoms. The van der Waals surface area contributed by atoms with Gasteiger partial charge in [-0.3, -0.25) is 9.36 Å². The normalized spacial score (nSPS) is 15.3. The van der Waals surface area contributed by atoms with Gasteiger partial charge in [0.25, 0.3) is 5.56 Å². The van der Waals surface area contributed by atoms with Crippen molar-refractivity contribution in [3.63, 3.8) is 0 Å². The van der Waals surface area contributed by atoms with Gasteiger partial charge >= 0.3 is 16.1 Å². The average molecular weight is 644 g/mol. The number of rotatable bonds is 7. The zero-order valence-corrected chi connectivity index (χ0v) is 25.8. The number of hydrogen-bond donors (Lipinski definition) is 0. The molecule has 0 saturated carbocycles. The van der Waals surface area contributed by atoms with Crippen molar-refractivity contribution in [2.24, 2.45) is 4.99 Å². The van der Waals surface area contributed by atoms with Crippen LogP contribution in [0.1, 0.15) is 36.6 Å². The minimum absolute atomic E-state index is 0.0107. The molecule has 1 aromatic heterocycles. The van der Waals surface area contributed by atoms with Gasteiger partial charge in [-0.2, -0.15) is 8.42 Å². The van der Waals surface area contributed by atoms with Gasteiger partial charge in [-0.15, -0.1) is 0 Å². The summed E-state index contributed by atoms with van der Waals surface area (Å²) in [4.78, 5) is 31.9. The van der Waals surface area contributed by atoms with Crippen molar-refractivity contribution < 1.29 is 22.1 Å². The third-order valence-corrected chi connectivity index (χ3v) is 9.19. The van der Waals surface area contributed by atoms with E-state index in [1.807, 2.05) is 6.92 Å². The van der Waals surface area contributed by atoms with Gasteiger partial charge in [-0.25, -0.2) is 9.79 Å². The molecule has 1 atom stereocenters. The number of carbonyl (C=O) groups is 1. The number of ether oxygens (including phenoxy) is 1. The maximum absolute atomic E-state index is 13.9. The summed E-state index contributed by atoms with van der Waals surface area (Å²) in [6.45, 7) is 5.38. The maximum atomic E-state index is 13.9. The summed E-state index contributed by atoms with van der Waals surface area (Å²) in [6, 6.07) is 16.7. The van der Waals surface area contributed by atoms with Crippen LogP contribution in [0.25, 0.3) is 6.08 Å². The molecule has 4 aromatic rings. The quantitative estimate of drug-likeness (QED) is 0.203. The number of esters is 1. The highest BCUT2D eigenvalue weighted by atomic mass is 35.5. The smallest absolute Gasteiger partial charge is 0.339 e. The minimum atomic E-state index is -4.18. The number of nitrogens with zero attached hydrogens (tertiary/aromatic N) is 2. The van der Waals surface area contributed by atoms with Crippen LogP contribution in [0.4, 0.5) is 0 Å². The van der Waals surface area contributed by atoms with Crippen LogP contribution in [0.15, 0.2) is 92.7 Å². The van der Waals surface area contributed by atoms with Crippen molar-refractivity contribution in [1.29, 1.82) is 0 Å². The van der Waals surface area contributed by atoms with Gasteiger partial charge < -0.3 is 8.92 Å². The Balaban J connectivity index is 1.66. The molecule has 0 N–H and O–H groups in total. The summed E-state index contributed by atoms with van der Waals surface area (Å²) >= 11 is 13.5. The van der Waals surface area contributed by atoms with Crippen LogP contribution in [0.3, 0.4) is 0 Å². The lowest BCUT2D eigenvalue weighted by atomic mass is 9.96. The zero-order valence-electron chi connectivity index (χ0n) is 22.6. The van der Waals surface area contributed by atoms with E-state index in [-0.39, 0.29) is 32.9 Å². The molecule has 1 aliphatic heterocycles. The molecule has 0 aliphatic carbocycles. The number of carbonyl (C=O) groups excluding carboxylic acids is 1. The molecule has 0 amide bonds. The summed E-state index contributed by atoms with van der Waals surface area (Å²) in [5, 5.41) is 0.812. The number of halogens is 2. The van der Waals surface area contributed by atoms with Gasteiger partial charge in [0.1, 0.15) is 10.6 Å². The fraction of sp³-hybridized carbons (Fsp3) is 0.167. The summed E-state index contributed by atoms with van der Waals surface area (Å²) in [7, 11) is -4.18. The molecule has 0 spiro atoms. The Morgan fingerprint density at radius 2 is 1.69 bits per heavy atom. The van der Waals surface area contributed by atoms with E-state index in [0.717, 1.165) is 16.9 Å². The summed E-state index contributed by atoms with van der Waals surface area (Å²) in [5.41, 5.74) is 2.01. The largest absolute Gasteiger partial charge is 0.463 e. The standard InChI is InChI=1S/C30H24Cl2N2O6S2/c1-4-39-29(36)26-18(3)33-30-34(27(26)19-7-9-21(31)10-8-19)28(35)25(41-30)16-20-15-22(32)11-14-24(20)40-42(37,38)23-12-5-17(2)6-13-23/h5-16,27H,4H2,1-3H3/b25-16+/t27-/m0/s1. The van der Waals surface area contributed by atoms with Crippen LogP contribution in [-0.4, -0.2) is 25.6 Å². The number of aryl methyl sites for hydroxylation is 1. The molecule has 0 bridgehead atoms. The van der Waals surface area contributed by atoms with Crippen molar-refractivity contribution in [1.82, 2.24) is 4.57 Å². The average Bonchev–Trinajstić information content (AvgIpc) is 3.24. The first-order valence-corrected chi connectivity index (χ1v) is 15.7. The van der Waals surface area contributed by atoms with Crippen LogP contribution in [0.2, 0.25) is 10.0 Å². The van der Waals surface area contributed by atoms with Gasteiger partial charge in [-0.05, 0) is 74.9 Å². The first kappa shape index (κ1) is 29.8. The van der Waals surface area contributed by atoms with E-state index in [1.54, 1.807) is 50.2 Å². The Labute approximate surface area is 255 Å². The number of aromatic nitrogens is 1. The highest BCUT2D eigenvalue weighted by Gasteiger charge is 2.33. The van der Waals surface area contributed by atoms with Crippen LogP contribution in [-0.2, 0) is 19.6 Å². The molecule has 0 unspecified atom stereocenters. The van der Waals surface area contributed by atoms with Crippen LogP contribution < -0.4 is 19.1 Å². The molecular formula is C30H24Cl2N2O6S2. The topological polar surface area (TPSA) is 104 Å². The number of fused-ring (bicyclic) bond motifs is 1. The molecule has 0 saturated heterocycles. The number of hydrogen-bond acceptors (Lipinski definition) is 8. The van der Waals surface area contributed by atoms with Crippen LogP contribution in [0.5, 0.6) is 5.75 Å². The predicted molar refractivity (Wildman–Crippen MR) is 162 cm³/mol. The summed E-state index contributed by atoms with van der Waals surface area (Å²) in [5.74, 6) is -0.594. The Morgan fingerprint density at radius 1 is 1.02 bits per heavy atom. The van der Waals surface area contributed by atoms with Crippen molar-refractivity contribution in [3.8, 4) is 5.75 Å². The van der Waals surface area contributed by atoms with E-state index in [0.29, 0.717) is 26.1 Å². The molecule has 12 heteroatoms. The van der Waals surface area contributed by atoms with E-state index in [9.17, 15) is 18.0 Å². The zero-order chi connectivity index (χ0) is 30.2. The van der Waals surface area contributed by atoms with Gasteiger partial charge in [0.05, 0.1) is 28.5 Å². The SMILES string of the molecule is CCOC(=O)C1=C(C)N=c2s/c(=C/c3cc(Cl)ccc3OS(=O)(=O)c3ccc(C)cc3)c(=O)n2[C@H]1c1ccc(Cl)cc1. The van der Waals surface area contributed by atoms with Crippen molar-refractivity contribution >= 4 is 56.7 Å². The van der Waals surface area contributed by atoms with Crippen LogP contribution >= 0.6 is 34.5 Å². The Morgan fingerprint density at radius 3 is 2.36 bits per heavy atom. The molecule has 2 heterocycles. The Bertz CT molecular complexity index is 2010. The minimum Gasteiger partial charge on any atom is -0.463 e. The van der Waals surface area contributed by atoms with E-state index < -0.39 is 27.7 Å². The molecule has 0 fully saturated rings. The first-order chi connectivity index (χ1) is 20.0. The summed E-state index contributed by atoms with van der Waals surface area (Å²) < 4.78 is 38.5. The van der Waals surface area contributed by atoms with Crippen molar-refractivity contribution in [2.75, 3.05) is 6.61 Å². The highest BCUT2D eigenvalue weighted by Crippen LogP contribution is 2.32. The first-order valence-electron chi connectivity index (χ1n) is 12.7. The lowest BCUT2D eigenvalue weighted by Crippen LogP contribution is -2.39. The lowest BCUT2D eigenvalue weighted by molar-refractivity contribution is -0.139. The van der Waals surface area contributed by atoms with E-state index >= 15 is 0 Å². The van der Waals surface area contributed by atoms with Crippen molar-refractivity contribution in [3.05, 3.63) is 124 Å². The van der Waals surface area contributed by atoms with Gasteiger partial charge in [0.2, 0.25) is 0 Å². The fourth-order valence-electron chi connectivity index (χ4n) is 4.47. The second kappa shape index (κ2) is 11.9. The molecule has 3 aromatic carbocycles. The van der Waals surface area contributed by atoms with Gasteiger partial charge in [0, 0.05) is 15.6 Å². The molecule has 1 aliphatic rings. The third kappa shape index (κ3) is 5.94. The fourth-order valence-corrected chi connectivity index (χ4v) is 6.77. The second-order valence-corrected chi connectivity index (χ2v) is 12.8. The molecule has 216 valence electrons. The molecule has 0 radical (unpaired) electrons. The van der Waals surface area contributed by atoms with Crippen molar-refractivity contribution in [2.45, 2.75) is 31.7 Å². The second-order valence-electron chi connectivity index (χ2n) is 9.39. The third-order valence-electron chi connectivity index (χ3n) is 6.47. The molecular weight excluding hydrogens is 619 g/mol. The number of thiazole rings is 1. The number of allylic oxidation sites excluding steroid dienone is 1. The van der Waals surface area contributed by atoms with E-state index in [4.69, 9.17) is 32.1 Å². The molecule has 8 nitrogen and oxygen atoms in total. The highest BCUT2D eigenvalue weighted by molar-refractivity contribution is 7.87. The van der Waals surface area contributed by atoms with Gasteiger partial charge in [-0.1, -0.05) is 64.4 Å².